The van der Waals surface area contributed by atoms with Crippen molar-refractivity contribution in [1.82, 2.24) is 14.4 Å². The minimum Gasteiger partial charge on any atom is -0.345 e. The maximum Gasteiger partial charge on any atom is 0.242 e. The lowest BCUT2D eigenvalue weighted by Gasteiger charge is -2.28. The summed E-state index contributed by atoms with van der Waals surface area (Å²) >= 11 is 0. The van der Waals surface area contributed by atoms with Crippen LogP contribution in [0, 0.1) is 5.82 Å². The van der Waals surface area contributed by atoms with E-state index >= 15 is 0 Å². The Morgan fingerprint density at radius 2 is 1.54 bits per heavy atom. The van der Waals surface area contributed by atoms with Gasteiger partial charge in [-0.05, 0) is 41.8 Å². The highest BCUT2D eigenvalue weighted by molar-refractivity contribution is 5.84. The quantitative estimate of drug-likeness (QED) is 0.299. The zero-order valence-electron chi connectivity index (χ0n) is 20.8. The van der Waals surface area contributed by atoms with Crippen LogP contribution in [0.1, 0.15) is 56.4 Å². The SMILES string of the molecule is CCCCCN(CC(=O)N(Cc1ccccc1)Cc1cccn1Cc1ccc(F)cc1)C(=O)CC. The molecule has 3 aromatic rings. The lowest BCUT2D eigenvalue weighted by Crippen LogP contribution is -2.43. The molecule has 6 heteroatoms. The second kappa shape index (κ2) is 13.5. The summed E-state index contributed by atoms with van der Waals surface area (Å²) in [6.07, 6.45) is 5.36. The third-order valence-corrected chi connectivity index (χ3v) is 6.12. The number of nitrogens with zero attached hydrogens (tertiary/aromatic N) is 3. The van der Waals surface area contributed by atoms with Gasteiger partial charge in [-0.2, -0.15) is 0 Å². The van der Waals surface area contributed by atoms with Gasteiger partial charge >= 0.3 is 0 Å². The number of carbonyl (C=O) groups is 2. The molecule has 2 aromatic carbocycles. The van der Waals surface area contributed by atoms with Crippen LogP contribution >= 0.6 is 0 Å². The first-order chi connectivity index (χ1) is 17.0. The summed E-state index contributed by atoms with van der Waals surface area (Å²) in [4.78, 5) is 29.6. The van der Waals surface area contributed by atoms with Crippen molar-refractivity contribution in [3.8, 4) is 0 Å². The molecule has 0 unspecified atom stereocenters. The van der Waals surface area contributed by atoms with E-state index in [0.717, 1.165) is 36.1 Å². The van der Waals surface area contributed by atoms with E-state index in [0.29, 0.717) is 32.6 Å². The number of benzene rings is 2. The first-order valence-corrected chi connectivity index (χ1v) is 12.5. The molecule has 0 N–H and O–H groups in total. The molecule has 0 spiro atoms. The molecule has 0 aliphatic carbocycles. The van der Waals surface area contributed by atoms with Gasteiger partial charge in [0.25, 0.3) is 0 Å². The third-order valence-electron chi connectivity index (χ3n) is 6.12. The number of hydrogen-bond donors (Lipinski definition) is 0. The lowest BCUT2D eigenvalue weighted by atomic mass is 10.2. The molecule has 35 heavy (non-hydrogen) atoms. The van der Waals surface area contributed by atoms with Gasteiger partial charge in [-0.25, -0.2) is 4.39 Å². The molecule has 2 amide bonds. The second-order valence-corrected chi connectivity index (χ2v) is 8.87. The Bertz CT molecular complexity index is 1060. The van der Waals surface area contributed by atoms with Crippen LogP contribution in [-0.4, -0.2) is 39.3 Å². The Morgan fingerprint density at radius 1 is 0.800 bits per heavy atom. The zero-order chi connectivity index (χ0) is 25.0. The summed E-state index contributed by atoms with van der Waals surface area (Å²) in [6.45, 7) is 6.13. The molecule has 0 aliphatic rings. The molecule has 0 saturated heterocycles. The van der Waals surface area contributed by atoms with Crippen molar-refractivity contribution in [2.45, 2.75) is 59.2 Å². The molecule has 0 bridgehead atoms. The molecule has 186 valence electrons. The summed E-state index contributed by atoms with van der Waals surface area (Å²) in [5, 5.41) is 0. The number of amides is 2. The minimum atomic E-state index is -0.258. The Kier molecular flexibility index (Phi) is 10.1. The van der Waals surface area contributed by atoms with Crippen molar-refractivity contribution in [3.63, 3.8) is 0 Å². The number of rotatable bonds is 13. The fourth-order valence-corrected chi connectivity index (χ4v) is 4.10. The highest BCUT2D eigenvalue weighted by Crippen LogP contribution is 2.15. The van der Waals surface area contributed by atoms with E-state index in [9.17, 15) is 14.0 Å². The van der Waals surface area contributed by atoms with Crippen LogP contribution in [0.3, 0.4) is 0 Å². The lowest BCUT2D eigenvalue weighted by molar-refractivity contribution is -0.141. The normalized spacial score (nSPS) is 10.8. The molecule has 1 aromatic heterocycles. The first-order valence-electron chi connectivity index (χ1n) is 12.5. The van der Waals surface area contributed by atoms with Gasteiger partial charge in [-0.3, -0.25) is 9.59 Å². The van der Waals surface area contributed by atoms with Gasteiger partial charge in [0.05, 0.1) is 13.1 Å². The predicted octanol–water partition coefficient (Wildman–Crippen LogP) is 5.63. The van der Waals surface area contributed by atoms with Crippen LogP contribution in [0.25, 0.3) is 0 Å². The fourth-order valence-electron chi connectivity index (χ4n) is 4.10. The molecular formula is C29H36FN3O2. The molecule has 5 nitrogen and oxygen atoms in total. The maximum atomic E-state index is 13.5. The van der Waals surface area contributed by atoms with Gasteiger partial charge < -0.3 is 14.4 Å². The average Bonchev–Trinajstić information content (AvgIpc) is 3.31. The van der Waals surface area contributed by atoms with Crippen LogP contribution in [0.2, 0.25) is 0 Å². The summed E-state index contributed by atoms with van der Waals surface area (Å²) in [5.41, 5.74) is 3.01. The molecular weight excluding hydrogens is 441 g/mol. The van der Waals surface area contributed by atoms with Crippen LogP contribution in [0.5, 0.6) is 0 Å². The summed E-state index contributed by atoms with van der Waals surface area (Å²) in [5.74, 6) is -0.318. The van der Waals surface area contributed by atoms with Crippen LogP contribution in [-0.2, 0) is 29.2 Å². The smallest absolute Gasteiger partial charge is 0.242 e. The molecule has 0 radical (unpaired) electrons. The summed E-state index contributed by atoms with van der Waals surface area (Å²) < 4.78 is 15.4. The van der Waals surface area contributed by atoms with Gasteiger partial charge in [0.1, 0.15) is 5.82 Å². The molecule has 0 fully saturated rings. The van der Waals surface area contributed by atoms with Gasteiger partial charge in [0.2, 0.25) is 11.8 Å². The largest absolute Gasteiger partial charge is 0.345 e. The van der Waals surface area contributed by atoms with Gasteiger partial charge in [0.15, 0.2) is 0 Å². The van der Waals surface area contributed by atoms with E-state index in [1.165, 1.54) is 12.1 Å². The van der Waals surface area contributed by atoms with Crippen molar-refractivity contribution in [3.05, 3.63) is 95.6 Å². The first kappa shape index (κ1) is 26.2. The van der Waals surface area contributed by atoms with Gasteiger partial charge in [-0.15, -0.1) is 0 Å². The molecule has 0 aliphatic heterocycles. The van der Waals surface area contributed by atoms with Gasteiger partial charge in [-0.1, -0.05) is 69.2 Å². The number of aromatic nitrogens is 1. The van der Waals surface area contributed by atoms with Crippen LogP contribution in [0.4, 0.5) is 4.39 Å². The fraction of sp³-hybridized carbons (Fsp3) is 0.379. The highest BCUT2D eigenvalue weighted by atomic mass is 19.1. The Labute approximate surface area is 208 Å². The van der Waals surface area contributed by atoms with E-state index in [1.807, 2.05) is 60.5 Å². The number of carbonyl (C=O) groups excluding carboxylic acids is 2. The van der Waals surface area contributed by atoms with E-state index < -0.39 is 0 Å². The van der Waals surface area contributed by atoms with E-state index in [1.54, 1.807) is 17.0 Å². The van der Waals surface area contributed by atoms with Crippen LogP contribution < -0.4 is 0 Å². The topological polar surface area (TPSA) is 45.6 Å². The molecule has 0 saturated carbocycles. The van der Waals surface area contributed by atoms with Crippen molar-refractivity contribution in [2.75, 3.05) is 13.1 Å². The van der Waals surface area contributed by atoms with Crippen LogP contribution in [0.15, 0.2) is 72.9 Å². The van der Waals surface area contributed by atoms with Crippen molar-refractivity contribution >= 4 is 11.8 Å². The van der Waals surface area contributed by atoms with E-state index in [4.69, 9.17) is 0 Å². The number of halogens is 1. The monoisotopic (exact) mass is 477 g/mol. The zero-order valence-corrected chi connectivity index (χ0v) is 20.8. The minimum absolute atomic E-state index is 0.00815. The van der Waals surface area contributed by atoms with Crippen molar-refractivity contribution in [2.24, 2.45) is 0 Å². The Balaban J connectivity index is 1.78. The van der Waals surface area contributed by atoms with E-state index in [-0.39, 0.29) is 24.2 Å². The predicted molar refractivity (Wildman–Crippen MR) is 137 cm³/mol. The summed E-state index contributed by atoms with van der Waals surface area (Å²) in [7, 11) is 0. The Hall–Kier alpha value is -3.41. The third kappa shape index (κ3) is 8.09. The van der Waals surface area contributed by atoms with Gasteiger partial charge in [0, 0.05) is 37.9 Å². The molecule has 3 rings (SSSR count). The summed E-state index contributed by atoms with van der Waals surface area (Å²) in [6, 6.07) is 20.3. The average molecular weight is 478 g/mol. The van der Waals surface area contributed by atoms with Crippen molar-refractivity contribution < 1.29 is 14.0 Å². The molecule has 1 heterocycles. The van der Waals surface area contributed by atoms with Crippen molar-refractivity contribution in [1.29, 1.82) is 0 Å². The second-order valence-electron chi connectivity index (χ2n) is 8.87. The number of unbranched alkanes of at least 4 members (excludes halogenated alkanes) is 2. The standard InChI is InChI=1S/C29H36FN3O2/c1-3-5-9-18-32(28(34)4-2)23-29(35)33(21-24-11-7-6-8-12-24)22-27-13-10-19-31(27)20-25-14-16-26(30)17-15-25/h6-8,10-17,19H,3-5,9,18,20-23H2,1-2H3. The molecule has 0 atom stereocenters. The maximum absolute atomic E-state index is 13.5. The highest BCUT2D eigenvalue weighted by Gasteiger charge is 2.21. The van der Waals surface area contributed by atoms with E-state index in [2.05, 4.69) is 11.5 Å². The Morgan fingerprint density at radius 3 is 2.23 bits per heavy atom. The number of hydrogen-bond acceptors (Lipinski definition) is 2.